The van der Waals surface area contributed by atoms with Gasteiger partial charge in [-0.3, -0.25) is 4.72 Å². The van der Waals surface area contributed by atoms with Gasteiger partial charge in [0.15, 0.2) is 0 Å². The highest BCUT2D eigenvalue weighted by molar-refractivity contribution is 7.92. The van der Waals surface area contributed by atoms with Crippen LogP contribution in [0.2, 0.25) is 0 Å². The summed E-state index contributed by atoms with van der Waals surface area (Å²) < 4.78 is 26.7. The quantitative estimate of drug-likeness (QED) is 0.295. The van der Waals surface area contributed by atoms with E-state index >= 15 is 0 Å². The molecule has 0 aliphatic heterocycles. The van der Waals surface area contributed by atoms with Crippen LogP contribution in [0.5, 0.6) is 0 Å². The van der Waals surface area contributed by atoms with Crippen LogP contribution in [-0.4, -0.2) is 25.1 Å². The van der Waals surface area contributed by atoms with E-state index in [0.717, 1.165) is 12.8 Å². The van der Waals surface area contributed by atoms with Crippen LogP contribution in [-0.2, 0) is 10.0 Å². The average molecular weight is 326 g/mol. The van der Waals surface area contributed by atoms with Crippen LogP contribution in [0.15, 0.2) is 29.4 Å². The van der Waals surface area contributed by atoms with E-state index in [2.05, 4.69) is 16.8 Å². The SMILES string of the molecule is CCCCCCCCS(=O)(=O)Nc1cccc(C(C)=NO)c1. The highest BCUT2D eigenvalue weighted by Crippen LogP contribution is 2.14. The number of oxime groups is 1. The number of hydrogen-bond donors (Lipinski definition) is 2. The Balaban J connectivity index is 2.51. The monoisotopic (exact) mass is 326 g/mol. The second kappa shape index (κ2) is 9.46. The van der Waals surface area contributed by atoms with Gasteiger partial charge in [-0.25, -0.2) is 8.42 Å². The summed E-state index contributed by atoms with van der Waals surface area (Å²) in [6, 6.07) is 6.84. The van der Waals surface area contributed by atoms with Crippen LogP contribution in [0, 0.1) is 0 Å². The lowest BCUT2D eigenvalue weighted by molar-refractivity contribution is 0.319. The third kappa shape index (κ3) is 6.93. The van der Waals surface area contributed by atoms with E-state index in [0.29, 0.717) is 23.4 Å². The van der Waals surface area contributed by atoms with Gasteiger partial charge in [0.1, 0.15) is 0 Å². The second-order valence-electron chi connectivity index (χ2n) is 5.45. The highest BCUT2D eigenvalue weighted by Gasteiger charge is 2.10. The first-order chi connectivity index (χ1) is 10.5. The summed E-state index contributed by atoms with van der Waals surface area (Å²) in [5.41, 5.74) is 1.62. The van der Waals surface area contributed by atoms with Gasteiger partial charge in [-0.1, -0.05) is 56.3 Å². The zero-order chi connectivity index (χ0) is 16.4. The Morgan fingerprint density at radius 2 is 1.86 bits per heavy atom. The van der Waals surface area contributed by atoms with Gasteiger partial charge in [0.25, 0.3) is 0 Å². The number of hydrogen-bond acceptors (Lipinski definition) is 4. The largest absolute Gasteiger partial charge is 0.411 e. The van der Waals surface area contributed by atoms with Crippen molar-refractivity contribution in [1.82, 2.24) is 0 Å². The molecule has 5 nitrogen and oxygen atoms in total. The van der Waals surface area contributed by atoms with Crippen molar-refractivity contribution in [3.8, 4) is 0 Å². The lowest BCUT2D eigenvalue weighted by Crippen LogP contribution is -2.17. The van der Waals surface area contributed by atoms with Gasteiger partial charge in [-0.2, -0.15) is 0 Å². The number of sulfonamides is 1. The topological polar surface area (TPSA) is 78.8 Å². The fraction of sp³-hybridized carbons (Fsp3) is 0.562. The van der Waals surface area contributed by atoms with Gasteiger partial charge >= 0.3 is 0 Å². The molecule has 0 heterocycles. The van der Waals surface area contributed by atoms with Gasteiger partial charge in [0.2, 0.25) is 10.0 Å². The zero-order valence-corrected chi connectivity index (χ0v) is 14.2. The lowest BCUT2D eigenvalue weighted by atomic mass is 10.1. The molecule has 0 saturated carbocycles. The van der Waals surface area contributed by atoms with Crippen LogP contribution < -0.4 is 4.72 Å². The molecule has 0 radical (unpaired) electrons. The Morgan fingerprint density at radius 1 is 1.18 bits per heavy atom. The van der Waals surface area contributed by atoms with E-state index in [1.807, 2.05) is 0 Å². The maximum atomic E-state index is 12.0. The van der Waals surface area contributed by atoms with E-state index in [1.54, 1.807) is 31.2 Å². The Morgan fingerprint density at radius 3 is 2.55 bits per heavy atom. The first kappa shape index (κ1) is 18.5. The van der Waals surface area contributed by atoms with Crippen molar-refractivity contribution in [3.63, 3.8) is 0 Å². The van der Waals surface area contributed by atoms with Crippen molar-refractivity contribution in [1.29, 1.82) is 0 Å². The minimum absolute atomic E-state index is 0.135. The molecule has 0 aliphatic rings. The number of unbranched alkanes of at least 4 members (excludes halogenated alkanes) is 5. The summed E-state index contributed by atoms with van der Waals surface area (Å²) in [6.45, 7) is 3.82. The molecule has 0 bridgehead atoms. The van der Waals surface area contributed by atoms with Crippen molar-refractivity contribution < 1.29 is 13.6 Å². The molecular formula is C16H26N2O3S. The summed E-state index contributed by atoms with van der Waals surface area (Å²) in [4.78, 5) is 0. The van der Waals surface area contributed by atoms with Gasteiger partial charge in [-0.05, 0) is 25.5 Å². The van der Waals surface area contributed by atoms with Gasteiger partial charge in [0, 0.05) is 11.3 Å². The molecule has 6 heteroatoms. The second-order valence-corrected chi connectivity index (χ2v) is 7.30. The predicted molar refractivity (Wildman–Crippen MR) is 91.2 cm³/mol. The molecule has 0 aliphatic carbocycles. The van der Waals surface area contributed by atoms with E-state index in [9.17, 15) is 8.42 Å². The first-order valence-electron chi connectivity index (χ1n) is 7.78. The molecule has 0 aromatic heterocycles. The molecule has 0 spiro atoms. The van der Waals surface area contributed by atoms with Crippen LogP contribution in [0.4, 0.5) is 5.69 Å². The van der Waals surface area contributed by atoms with Crippen molar-refractivity contribution >= 4 is 21.4 Å². The first-order valence-corrected chi connectivity index (χ1v) is 9.43. The number of nitrogens with one attached hydrogen (secondary N) is 1. The molecule has 124 valence electrons. The molecule has 0 fully saturated rings. The van der Waals surface area contributed by atoms with Crippen LogP contribution in [0.1, 0.15) is 57.9 Å². The van der Waals surface area contributed by atoms with Crippen molar-refractivity contribution in [3.05, 3.63) is 29.8 Å². The van der Waals surface area contributed by atoms with Gasteiger partial charge in [-0.15, -0.1) is 0 Å². The highest BCUT2D eigenvalue weighted by atomic mass is 32.2. The van der Waals surface area contributed by atoms with Crippen molar-refractivity contribution in [2.75, 3.05) is 10.5 Å². The van der Waals surface area contributed by atoms with E-state index in [4.69, 9.17) is 5.21 Å². The van der Waals surface area contributed by atoms with Crippen molar-refractivity contribution in [2.45, 2.75) is 52.4 Å². The average Bonchev–Trinajstić information content (AvgIpc) is 2.49. The molecule has 1 aromatic rings. The fourth-order valence-corrected chi connectivity index (χ4v) is 3.34. The smallest absolute Gasteiger partial charge is 0.232 e. The number of benzene rings is 1. The van der Waals surface area contributed by atoms with E-state index < -0.39 is 10.0 Å². The van der Waals surface area contributed by atoms with Crippen LogP contribution >= 0.6 is 0 Å². The molecule has 0 amide bonds. The Bertz CT molecular complexity index is 583. The van der Waals surface area contributed by atoms with Crippen molar-refractivity contribution in [2.24, 2.45) is 5.16 Å². The number of nitrogens with zero attached hydrogens (tertiary/aromatic N) is 1. The minimum atomic E-state index is -3.33. The molecule has 0 unspecified atom stereocenters. The Kier molecular flexibility index (Phi) is 7.95. The molecule has 0 saturated heterocycles. The molecular weight excluding hydrogens is 300 g/mol. The summed E-state index contributed by atoms with van der Waals surface area (Å²) in [6.07, 6.45) is 6.28. The van der Waals surface area contributed by atoms with E-state index in [-0.39, 0.29) is 5.75 Å². The zero-order valence-electron chi connectivity index (χ0n) is 13.4. The maximum Gasteiger partial charge on any atom is 0.232 e. The third-order valence-electron chi connectivity index (χ3n) is 3.47. The van der Waals surface area contributed by atoms with Crippen LogP contribution in [0.25, 0.3) is 0 Å². The Hall–Kier alpha value is -1.56. The molecule has 1 aromatic carbocycles. The predicted octanol–water partition coefficient (Wildman–Crippen LogP) is 3.99. The minimum Gasteiger partial charge on any atom is -0.411 e. The summed E-state index contributed by atoms with van der Waals surface area (Å²) in [5, 5.41) is 11.9. The van der Waals surface area contributed by atoms with Gasteiger partial charge in [0.05, 0.1) is 11.5 Å². The summed E-state index contributed by atoms with van der Waals surface area (Å²) >= 11 is 0. The van der Waals surface area contributed by atoms with Crippen LogP contribution in [0.3, 0.4) is 0 Å². The summed E-state index contributed by atoms with van der Waals surface area (Å²) in [5.74, 6) is 0.135. The third-order valence-corrected chi connectivity index (χ3v) is 4.84. The standard InChI is InChI=1S/C16H26N2O3S/c1-3-4-5-6-7-8-12-22(20,21)18-16-11-9-10-15(13-16)14(2)17-19/h9-11,13,18-19H,3-8,12H2,1-2H3. The lowest BCUT2D eigenvalue weighted by Gasteiger charge is -2.09. The molecule has 22 heavy (non-hydrogen) atoms. The Labute approximate surface area is 133 Å². The van der Waals surface area contributed by atoms with Gasteiger partial charge < -0.3 is 5.21 Å². The molecule has 0 atom stereocenters. The number of anilines is 1. The molecule has 1 rings (SSSR count). The summed E-state index contributed by atoms with van der Waals surface area (Å²) in [7, 11) is -3.33. The normalized spacial score (nSPS) is 12.4. The maximum absolute atomic E-state index is 12.0. The fourth-order valence-electron chi connectivity index (χ4n) is 2.17. The van der Waals surface area contributed by atoms with E-state index in [1.165, 1.54) is 19.3 Å². The number of rotatable bonds is 10. The molecule has 2 N–H and O–H groups in total.